The second-order valence-corrected chi connectivity index (χ2v) is 2.67. The Bertz CT molecular complexity index is 242. The fourth-order valence-electron chi connectivity index (χ4n) is 0.638. The maximum Gasteiger partial charge on any atom is 0.147 e. The van der Waals surface area contributed by atoms with E-state index in [1.165, 1.54) is 5.06 Å². The number of hydroxylamine groups is 2. The minimum atomic E-state index is -0.666. The Labute approximate surface area is 85.3 Å². The first-order valence-corrected chi connectivity index (χ1v) is 4.32. The summed E-state index contributed by atoms with van der Waals surface area (Å²) in [6.07, 6.45) is 7.75. The molecular formula is C11H17NO2. The van der Waals surface area contributed by atoms with Crippen molar-refractivity contribution in [3.8, 4) is 0 Å². The second kappa shape index (κ2) is 7.12. The SMILES string of the molecule is C=C/C=C\C(=C/C=C)ON(C)C(C)O. The topological polar surface area (TPSA) is 32.7 Å². The maximum atomic E-state index is 9.17. The fourth-order valence-corrected chi connectivity index (χ4v) is 0.638. The van der Waals surface area contributed by atoms with Crippen molar-refractivity contribution in [3.63, 3.8) is 0 Å². The molecule has 1 unspecified atom stereocenters. The van der Waals surface area contributed by atoms with Gasteiger partial charge in [-0.1, -0.05) is 31.4 Å². The highest BCUT2D eigenvalue weighted by Gasteiger charge is 2.05. The number of hydrogen-bond acceptors (Lipinski definition) is 3. The zero-order valence-electron chi connectivity index (χ0n) is 8.68. The van der Waals surface area contributed by atoms with Gasteiger partial charge in [0.05, 0.1) is 0 Å². The van der Waals surface area contributed by atoms with Gasteiger partial charge in [0.15, 0.2) is 0 Å². The van der Waals surface area contributed by atoms with Crippen LogP contribution < -0.4 is 0 Å². The standard InChI is InChI=1S/C11H17NO2/c1-5-7-9-11(8-6-2)14-12(4)10(3)13/h5-10,13H,1-2H2,3-4H3/b9-7-,11-8+. The predicted octanol–water partition coefficient (Wildman–Crippen LogP) is 2.00. The van der Waals surface area contributed by atoms with Gasteiger partial charge in [-0.25, -0.2) is 0 Å². The molecule has 14 heavy (non-hydrogen) atoms. The summed E-state index contributed by atoms with van der Waals surface area (Å²) in [5.41, 5.74) is 0. The van der Waals surface area contributed by atoms with Crippen LogP contribution in [-0.2, 0) is 4.84 Å². The third kappa shape index (κ3) is 5.35. The molecule has 3 heteroatoms. The van der Waals surface area contributed by atoms with Gasteiger partial charge < -0.3 is 9.94 Å². The summed E-state index contributed by atoms with van der Waals surface area (Å²) in [6, 6.07) is 0. The molecule has 0 spiro atoms. The molecule has 0 fully saturated rings. The molecule has 0 rings (SSSR count). The van der Waals surface area contributed by atoms with Gasteiger partial charge in [0.2, 0.25) is 0 Å². The lowest BCUT2D eigenvalue weighted by Gasteiger charge is -2.20. The van der Waals surface area contributed by atoms with E-state index in [9.17, 15) is 0 Å². The summed E-state index contributed by atoms with van der Waals surface area (Å²) in [5, 5.41) is 10.5. The number of aliphatic hydroxyl groups excluding tert-OH is 1. The summed E-state index contributed by atoms with van der Waals surface area (Å²) in [5.74, 6) is 0.586. The summed E-state index contributed by atoms with van der Waals surface area (Å²) >= 11 is 0. The lowest BCUT2D eigenvalue weighted by Crippen LogP contribution is -2.28. The Morgan fingerprint density at radius 2 is 2.07 bits per heavy atom. The van der Waals surface area contributed by atoms with Crippen molar-refractivity contribution in [1.82, 2.24) is 5.06 Å². The molecular weight excluding hydrogens is 178 g/mol. The first-order valence-electron chi connectivity index (χ1n) is 4.32. The molecule has 0 aromatic heterocycles. The van der Waals surface area contributed by atoms with Crippen LogP contribution in [0, 0.1) is 0 Å². The van der Waals surface area contributed by atoms with E-state index in [0.29, 0.717) is 5.76 Å². The third-order valence-electron chi connectivity index (χ3n) is 1.45. The molecule has 0 aromatic rings. The van der Waals surface area contributed by atoms with E-state index in [-0.39, 0.29) is 0 Å². The van der Waals surface area contributed by atoms with Crippen LogP contribution in [0.5, 0.6) is 0 Å². The molecule has 0 aliphatic carbocycles. The highest BCUT2D eigenvalue weighted by molar-refractivity contribution is 5.19. The monoisotopic (exact) mass is 195 g/mol. The van der Waals surface area contributed by atoms with Gasteiger partial charge in [-0.15, -0.1) is 5.06 Å². The van der Waals surface area contributed by atoms with Crippen LogP contribution >= 0.6 is 0 Å². The quantitative estimate of drug-likeness (QED) is 0.304. The van der Waals surface area contributed by atoms with Crippen molar-refractivity contribution < 1.29 is 9.94 Å². The molecule has 0 saturated carbocycles. The molecule has 0 aliphatic heterocycles. The van der Waals surface area contributed by atoms with Gasteiger partial charge in [0.1, 0.15) is 12.0 Å². The van der Waals surface area contributed by atoms with Gasteiger partial charge in [-0.05, 0) is 19.1 Å². The zero-order valence-corrected chi connectivity index (χ0v) is 8.68. The van der Waals surface area contributed by atoms with Gasteiger partial charge in [-0.3, -0.25) is 0 Å². The van der Waals surface area contributed by atoms with Crippen molar-refractivity contribution in [2.45, 2.75) is 13.2 Å². The molecule has 0 amide bonds. The summed E-state index contributed by atoms with van der Waals surface area (Å²) in [7, 11) is 1.64. The van der Waals surface area contributed by atoms with Crippen LogP contribution in [0.2, 0.25) is 0 Å². The van der Waals surface area contributed by atoms with E-state index in [1.807, 2.05) is 0 Å². The fraction of sp³-hybridized carbons (Fsp3) is 0.273. The average molecular weight is 195 g/mol. The number of allylic oxidation sites excluding steroid dienone is 5. The minimum absolute atomic E-state index is 0.586. The highest BCUT2D eigenvalue weighted by Crippen LogP contribution is 2.05. The molecule has 3 nitrogen and oxygen atoms in total. The molecule has 0 heterocycles. The van der Waals surface area contributed by atoms with Gasteiger partial charge in [0, 0.05) is 7.05 Å². The molecule has 1 N–H and O–H groups in total. The summed E-state index contributed by atoms with van der Waals surface area (Å²) in [4.78, 5) is 5.29. The molecule has 0 saturated heterocycles. The minimum Gasteiger partial charge on any atom is -0.404 e. The summed E-state index contributed by atoms with van der Waals surface area (Å²) in [6.45, 7) is 8.73. The second-order valence-electron chi connectivity index (χ2n) is 2.67. The van der Waals surface area contributed by atoms with E-state index >= 15 is 0 Å². The van der Waals surface area contributed by atoms with E-state index < -0.39 is 6.23 Å². The van der Waals surface area contributed by atoms with Crippen molar-refractivity contribution >= 4 is 0 Å². The van der Waals surface area contributed by atoms with Crippen molar-refractivity contribution in [2.24, 2.45) is 0 Å². The maximum absolute atomic E-state index is 9.17. The number of rotatable bonds is 6. The van der Waals surface area contributed by atoms with Crippen LogP contribution in [0.25, 0.3) is 0 Å². The first kappa shape index (κ1) is 12.7. The van der Waals surface area contributed by atoms with Crippen LogP contribution in [-0.4, -0.2) is 23.4 Å². The van der Waals surface area contributed by atoms with Crippen LogP contribution in [0.4, 0.5) is 0 Å². The lowest BCUT2D eigenvalue weighted by molar-refractivity contribution is -0.183. The Morgan fingerprint density at radius 3 is 2.50 bits per heavy atom. The van der Waals surface area contributed by atoms with Gasteiger partial charge >= 0.3 is 0 Å². The third-order valence-corrected chi connectivity index (χ3v) is 1.45. The molecule has 1 atom stereocenters. The number of nitrogens with zero attached hydrogens (tertiary/aromatic N) is 1. The Hall–Kier alpha value is -1.32. The average Bonchev–Trinajstić information content (AvgIpc) is 2.14. The molecule has 0 aliphatic rings. The van der Waals surface area contributed by atoms with E-state index in [0.717, 1.165) is 0 Å². The van der Waals surface area contributed by atoms with E-state index in [2.05, 4.69) is 13.2 Å². The molecule has 0 bridgehead atoms. The highest BCUT2D eigenvalue weighted by atomic mass is 16.7. The summed E-state index contributed by atoms with van der Waals surface area (Å²) < 4.78 is 0. The number of hydrogen-bond donors (Lipinski definition) is 1. The Balaban J connectivity index is 4.37. The lowest BCUT2D eigenvalue weighted by atomic mass is 10.4. The van der Waals surface area contributed by atoms with Crippen LogP contribution in [0.3, 0.4) is 0 Å². The van der Waals surface area contributed by atoms with Gasteiger partial charge in [0.25, 0.3) is 0 Å². The normalized spacial score (nSPS) is 14.4. The van der Waals surface area contributed by atoms with Crippen molar-refractivity contribution in [2.75, 3.05) is 7.05 Å². The van der Waals surface area contributed by atoms with E-state index in [4.69, 9.17) is 9.94 Å². The smallest absolute Gasteiger partial charge is 0.147 e. The molecule has 0 aromatic carbocycles. The largest absolute Gasteiger partial charge is 0.404 e. The van der Waals surface area contributed by atoms with Crippen molar-refractivity contribution in [3.05, 3.63) is 49.3 Å². The molecule has 78 valence electrons. The van der Waals surface area contributed by atoms with E-state index in [1.54, 1.807) is 44.4 Å². The molecule has 0 radical (unpaired) electrons. The zero-order chi connectivity index (χ0) is 11.0. The predicted molar refractivity (Wildman–Crippen MR) is 58.1 cm³/mol. The number of aliphatic hydroxyl groups is 1. The Kier molecular flexibility index (Phi) is 6.45. The van der Waals surface area contributed by atoms with Gasteiger partial charge in [-0.2, -0.15) is 0 Å². The van der Waals surface area contributed by atoms with Crippen molar-refractivity contribution in [1.29, 1.82) is 0 Å². The van der Waals surface area contributed by atoms with Crippen LogP contribution in [0.1, 0.15) is 6.92 Å². The first-order chi connectivity index (χ1) is 6.61. The van der Waals surface area contributed by atoms with Crippen LogP contribution in [0.15, 0.2) is 49.3 Å². The Morgan fingerprint density at radius 1 is 1.43 bits per heavy atom.